The van der Waals surface area contributed by atoms with Crippen LogP contribution in [0.1, 0.15) is 18.4 Å². The fourth-order valence-electron chi connectivity index (χ4n) is 2.30. The molecule has 3 heteroatoms. The van der Waals surface area contributed by atoms with Crippen LogP contribution in [0.3, 0.4) is 0 Å². The van der Waals surface area contributed by atoms with Crippen LogP contribution in [0.25, 0.3) is 0 Å². The first-order valence-electron chi connectivity index (χ1n) is 7.55. The molecule has 0 fully saturated rings. The van der Waals surface area contributed by atoms with E-state index in [2.05, 4.69) is 24.0 Å². The molecule has 114 valence electrons. The minimum Gasteiger partial charge on any atom is -0.379 e. The van der Waals surface area contributed by atoms with Crippen LogP contribution in [0.5, 0.6) is 0 Å². The summed E-state index contributed by atoms with van der Waals surface area (Å²) in [5.74, 6) is 0. The molecule has 0 bridgehead atoms. The van der Waals surface area contributed by atoms with Gasteiger partial charge in [-0.2, -0.15) is 0 Å². The van der Waals surface area contributed by atoms with Crippen molar-refractivity contribution < 1.29 is 4.79 Å². The quantitative estimate of drug-likeness (QED) is 0.426. The van der Waals surface area contributed by atoms with E-state index >= 15 is 0 Å². The van der Waals surface area contributed by atoms with Crippen LogP contribution >= 0.6 is 0 Å². The number of hydrogen-bond acceptors (Lipinski definition) is 2. The van der Waals surface area contributed by atoms with Crippen LogP contribution in [0.4, 0.5) is 11.4 Å². The monoisotopic (exact) mass is 294 g/mol. The Morgan fingerprint density at radius 2 is 1.77 bits per heavy atom. The summed E-state index contributed by atoms with van der Waals surface area (Å²) < 4.78 is 0. The minimum absolute atomic E-state index is 0.694. The Bertz CT molecular complexity index is 595. The molecule has 2 rings (SSSR count). The first-order chi connectivity index (χ1) is 10.8. The third-order valence-corrected chi connectivity index (χ3v) is 3.47. The van der Waals surface area contributed by atoms with Gasteiger partial charge in [0.15, 0.2) is 0 Å². The molecule has 0 spiro atoms. The summed E-state index contributed by atoms with van der Waals surface area (Å²) >= 11 is 0. The first kappa shape index (κ1) is 15.8. The molecule has 0 aromatic heterocycles. The summed E-state index contributed by atoms with van der Waals surface area (Å²) in [5, 5.41) is 3.41. The fourth-order valence-corrected chi connectivity index (χ4v) is 2.30. The molecule has 0 saturated carbocycles. The summed E-state index contributed by atoms with van der Waals surface area (Å²) in [7, 11) is 0. The number of allylic oxidation sites excluding steroid dienone is 1. The van der Waals surface area contributed by atoms with Crippen molar-refractivity contribution in [3.05, 3.63) is 72.8 Å². The number of unbranched alkanes of at least 4 members (excludes halogenated alkanes) is 1. The molecule has 0 unspecified atom stereocenters. The van der Waals surface area contributed by atoms with Crippen molar-refractivity contribution in [1.29, 1.82) is 0 Å². The predicted molar refractivity (Wildman–Crippen MR) is 93.1 cm³/mol. The van der Waals surface area contributed by atoms with Crippen LogP contribution in [-0.4, -0.2) is 13.0 Å². The van der Waals surface area contributed by atoms with Crippen molar-refractivity contribution in [3.63, 3.8) is 0 Å². The molecular formula is C19H22N2O. The number of nitrogens with one attached hydrogen (secondary N) is 1. The molecule has 0 atom stereocenters. The Hall–Kier alpha value is -2.55. The van der Waals surface area contributed by atoms with Crippen molar-refractivity contribution >= 4 is 17.8 Å². The third-order valence-electron chi connectivity index (χ3n) is 3.47. The zero-order chi connectivity index (χ0) is 15.6. The number of anilines is 2. The second-order valence-electron chi connectivity index (χ2n) is 5.09. The van der Waals surface area contributed by atoms with Gasteiger partial charge in [-0.25, -0.2) is 0 Å². The molecule has 2 aromatic rings. The maximum Gasteiger partial charge on any atom is 0.214 e. The lowest BCUT2D eigenvalue weighted by molar-refractivity contribution is -0.107. The number of para-hydroxylation sites is 2. The summed E-state index contributed by atoms with van der Waals surface area (Å²) in [6, 6.07) is 18.1. The predicted octanol–water partition coefficient (Wildman–Crippen LogP) is 4.23. The zero-order valence-corrected chi connectivity index (χ0v) is 12.7. The normalized spacial score (nSPS) is 10.0. The largest absolute Gasteiger partial charge is 0.379 e. The van der Waals surface area contributed by atoms with E-state index in [9.17, 15) is 4.79 Å². The van der Waals surface area contributed by atoms with Crippen LogP contribution in [0, 0.1) is 0 Å². The average molecular weight is 294 g/mol. The molecule has 1 amide bonds. The number of nitrogens with zero attached hydrogens (tertiary/aromatic N) is 1. The van der Waals surface area contributed by atoms with Crippen molar-refractivity contribution in [2.24, 2.45) is 0 Å². The zero-order valence-electron chi connectivity index (χ0n) is 12.7. The van der Waals surface area contributed by atoms with E-state index in [1.165, 1.54) is 5.56 Å². The smallest absolute Gasteiger partial charge is 0.214 e. The van der Waals surface area contributed by atoms with E-state index in [1.807, 2.05) is 48.5 Å². The Morgan fingerprint density at radius 1 is 1.05 bits per heavy atom. The number of amides is 1. The second-order valence-corrected chi connectivity index (χ2v) is 5.09. The van der Waals surface area contributed by atoms with Gasteiger partial charge < -0.3 is 10.2 Å². The van der Waals surface area contributed by atoms with E-state index in [4.69, 9.17) is 0 Å². The first-order valence-corrected chi connectivity index (χ1v) is 7.55. The highest BCUT2D eigenvalue weighted by atomic mass is 16.1. The van der Waals surface area contributed by atoms with Gasteiger partial charge in [0.25, 0.3) is 0 Å². The van der Waals surface area contributed by atoms with Gasteiger partial charge >= 0.3 is 0 Å². The van der Waals surface area contributed by atoms with Gasteiger partial charge in [0, 0.05) is 13.1 Å². The Balaban J connectivity index is 2.07. The molecule has 22 heavy (non-hydrogen) atoms. The van der Waals surface area contributed by atoms with Gasteiger partial charge in [-0.3, -0.25) is 4.79 Å². The Morgan fingerprint density at radius 3 is 2.50 bits per heavy atom. The summed E-state index contributed by atoms with van der Waals surface area (Å²) in [4.78, 5) is 13.1. The van der Waals surface area contributed by atoms with Gasteiger partial charge in [0.05, 0.1) is 11.4 Å². The highest BCUT2D eigenvalue weighted by Crippen LogP contribution is 2.25. The van der Waals surface area contributed by atoms with E-state index in [0.29, 0.717) is 6.54 Å². The molecule has 0 heterocycles. The van der Waals surface area contributed by atoms with E-state index < -0.39 is 0 Å². The van der Waals surface area contributed by atoms with Crippen LogP contribution < -0.4 is 10.2 Å². The fraction of sp³-hybridized carbons (Fsp3) is 0.211. The van der Waals surface area contributed by atoms with Crippen molar-refractivity contribution in [3.8, 4) is 0 Å². The minimum atomic E-state index is 0.694. The molecule has 3 nitrogen and oxygen atoms in total. The second kappa shape index (κ2) is 8.67. The van der Waals surface area contributed by atoms with E-state index in [1.54, 1.807) is 4.90 Å². The van der Waals surface area contributed by atoms with Crippen LogP contribution in [-0.2, 0) is 11.3 Å². The summed E-state index contributed by atoms with van der Waals surface area (Å²) in [6.45, 7) is 5.14. The SMILES string of the molecule is C=CCCCN(C=O)c1ccccc1NCc1ccccc1. The van der Waals surface area contributed by atoms with Gasteiger partial charge in [0.1, 0.15) is 0 Å². The summed E-state index contributed by atoms with van der Waals surface area (Å²) in [6.07, 6.45) is 4.59. The maximum absolute atomic E-state index is 11.4. The molecular weight excluding hydrogens is 272 g/mol. The van der Waals surface area contributed by atoms with Crippen LogP contribution in [0.2, 0.25) is 0 Å². The number of benzene rings is 2. The summed E-state index contributed by atoms with van der Waals surface area (Å²) in [5.41, 5.74) is 3.09. The average Bonchev–Trinajstić information content (AvgIpc) is 2.58. The van der Waals surface area contributed by atoms with Gasteiger partial charge in [-0.15, -0.1) is 6.58 Å². The number of carbonyl (C=O) groups excluding carboxylic acids is 1. The van der Waals surface area contributed by atoms with E-state index in [0.717, 1.165) is 37.2 Å². The highest BCUT2D eigenvalue weighted by molar-refractivity contribution is 5.83. The maximum atomic E-state index is 11.4. The standard InChI is InChI=1S/C19H22N2O/c1-2-3-9-14-21(16-22)19-13-8-7-12-18(19)20-15-17-10-5-4-6-11-17/h2,4-8,10-13,16,20H,1,3,9,14-15H2. The third kappa shape index (κ3) is 4.48. The lowest BCUT2D eigenvalue weighted by Crippen LogP contribution is -2.23. The van der Waals surface area contributed by atoms with E-state index in [-0.39, 0.29) is 0 Å². The molecule has 1 N–H and O–H groups in total. The lowest BCUT2D eigenvalue weighted by Gasteiger charge is -2.21. The Kier molecular flexibility index (Phi) is 6.24. The van der Waals surface area contributed by atoms with Crippen molar-refractivity contribution in [2.45, 2.75) is 19.4 Å². The molecule has 0 aliphatic heterocycles. The topological polar surface area (TPSA) is 32.3 Å². The molecule has 0 radical (unpaired) electrons. The number of hydrogen-bond donors (Lipinski definition) is 1. The van der Waals surface area contributed by atoms with Crippen LogP contribution in [0.15, 0.2) is 67.3 Å². The molecule has 2 aromatic carbocycles. The molecule has 0 saturated heterocycles. The van der Waals surface area contributed by atoms with Crippen molar-refractivity contribution in [1.82, 2.24) is 0 Å². The van der Waals surface area contributed by atoms with Gasteiger partial charge in [-0.1, -0.05) is 48.5 Å². The Labute approximate surface area is 132 Å². The van der Waals surface area contributed by atoms with Gasteiger partial charge in [-0.05, 0) is 30.5 Å². The molecule has 0 aliphatic carbocycles. The lowest BCUT2D eigenvalue weighted by atomic mass is 10.2. The number of rotatable bonds is 9. The van der Waals surface area contributed by atoms with Gasteiger partial charge in [0.2, 0.25) is 6.41 Å². The highest BCUT2D eigenvalue weighted by Gasteiger charge is 2.09. The molecule has 0 aliphatic rings. The van der Waals surface area contributed by atoms with Crippen molar-refractivity contribution in [2.75, 3.05) is 16.8 Å². The number of carbonyl (C=O) groups is 1.